The lowest BCUT2D eigenvalue weighted by Crippen LogP contribution is -2.12. The molecular weight excluding hydrogens is 388 g/mol. The molecule has 0 aliphatic carbocycles. The molecule has 0 bridgehead atoms. The van der Waals surface area contributed by atoms with Gasteiger partial charge in [-0.05, 0) is 43.9 Å². The Labute approximate surface area is 165 Å². The molecule has 2 aromatic rings. The second-order valence-electron chi connectivity index (χ2n) is 6.98. The van der Waals surface area contributed by atoms with Crippen LogP contribution in [0.25, 0.3) is 0 Å². The number of carbonyl (C=O) groups excluding carboxylic acids is 1. The van der Waals surface area contributed by atoms with Crippen molar-refractivity contribution in [3.8, 4) is 5.88 Å². The van der Waals surface area contributed by atoms with Crippen molar-refractivity contribution >= 4 is 27.2 Å². The van der Waals surface area contributed by atoms with Crippen molar-refractivity contribution in [3.63, 3.8) is 0 Å². The van der Waals surface area contributed by atoms with E-state index in [1.54, 1.807) is 18.5 Å². The molecule has 8 heteroatoms. The zero-order valence-corrected chi connectivity index (χ0v) is 18.0. The Kier molecular flexibility index (Phi) is 6.37. The third-order valence-corrected chi connectivity index (χ3v) is 5.95. The Morgan fingerprint density at radius 1 is 1.30 bits per heavy atom. The van der Waals surface area contributed by atoms with Gasteiger partial charge in [-0.25, -0.2) is 13.1 Å². The molecule has 0 fully saturated rings. The van der Waals surface area contributed by atoms with E-state index in [1.807, 2.05) is 20.8 Å². The maximum atomic E-state index is 13.2. The number of ether oxygens (including phenoxy) is 1. The van der Waals surface area contributed by atoms with Crippen LogP contribution >= 0.6 is 11.6 Å². The molecule has 2 rings (SSSR count). The summed E-state index contributed by atoms with van der Waals surface area (Å²) in [6, 6.07) is 1.52. The normalized spacial score (nSPS) is 11.9. The number of hydrogen-bond acceptors (Lipinski definition) is 5. The van der Waals surface area contributed by atoms with Crippen LogP contribution in [-0.2, 0) is 16.4 Å². The van der Waals surface area contributed by atoms with Crippen LogP contribution < -0.4 is 4.74 Å². The highest BCUT2D eigenvalue weighted by Gasteiger charge is 2.26. The lowest BCUT2D eigenvalue weighted by Gasteiger charge is -2.14. The molecule has 0 saturated heterocycles. The van der Waals surface area contributed by atoms with Crippen molar-refractivity contribution in [2.75, 3.05) is 12.9 Å². The van der Waals surface area contributed by atoms with Gasteiger partial charge in [0.15, 0.2) is 9.84 Å². The molecule has 0 amide bonds. The Balaban J connectivity index is 2.61. The Morgan fingerprint density at radius 3 is 2.44 bits per heavy atom. The van der Waals surface area contributed by atoms with E-state index in [1.165, 1.54) is 12.3 Å². The molecule has 0 saturated carbocycles. The first kappa shape index (κ1) is 21.4. The van der Waals surface area contributed by atoms with Crippen molar-refractivity contribution in [1.29, 1.82) is 0 Å². The van der Waals surface area contributed by atoms with Gasteiger partial charge in [0.2, 0.25) is 11.7 Å². The molecular formula is C19H25ClN2O4S. The van der Waals surface area contributed by atoms with Gasteiger partial charge >= 0.3 is 0 Å². The summed E-state index contributed by atoms with van der Waals surface area (Å²) in [4.78, 5) is 13.3. The highest BCUT2D eigenvalue weighted by atomic mass is 35.5. The fourth-order valence-electron chi connectivity index (χ4n) is 3.12. The second-order valence-corrected chi connectivity index (χ2v) is 9.31. The maximum absolute atomic E-state index is 13.2. The summed E-state index contributed by atoms with van der Waals surface area (Å²) in [5, 5.41) is 4.41. The number of hydrogen-bond donors (Lipinski definition) is 0. The first-order valence-corrected chi connectivity index (χ1v) is 11.0. The SMILES string of the molecule is CCOc1c(C(=O)c2cc(C)c(S(C)(=O)=O)c(C)c2Cl)cnn1CC(C)C. The molecule has 0 aliphatic heterocycles. The smallest absolute Gasteiger partial charge is 0.223 e. The minimum atomic E-state index is -3.46. The fraction of sp³-hybridized carbons (Fsp3) is 0.474. The van der Waals surface area contributed by atoms with Gasteiger partial charge < -0.3 is 4.74 Å². The van der Waals surface area contributed by atoms with Crippen LogP contribution in [-0.4, -0.2) is 36.8 Å². The van der Waals surface area contributed by atoms with Crippen LogP contribution in [0.15, 0.2) is 17.2 Å². The van der Waals surface area contributed by atoms with E-state index in [-0.39, 0.29) is 21.3 Å². The number of sulfone groups is 1. The third-order valence-electron chi connectivity index (χ3n) is 4.10. The van der Waals surface area contributed by atoms with Gasteiger partial charge in [-0.1, -0.05) is 25.4 Å². The standard InChI is InChI=1S/C19H25ClN2O4S/c1-7-26-19-15(9-21-22(19)10-11(2)3)17(23)14-8-12(4)18(27(6,24)25)13(5)16(14)20/h8-9,11H,7,10H2,1-6H3. The summed E-state index contributed by atoms with van der Waals surface area (Å²) in [6.07, 6.45) is 2.60. The zero-order chi connectivity index (χ0) is 20.5. The van der Waals surface area contributed by atoms with E-state index in [0.29, 0.717) is 41.6 Å². The molecule has 1 aromatic heterocycles. The van der Waals surface area contributed by atoms with Gasteiger partial charge in [-0.15, -0.1) is 0 Å². The molecule has 1 heterocycles. The van der Waals surface area contributed by atoms with E-state index in [9.17, 15) is 13.2 Å². The number of benzene rings is 1. The van der Waals surface area contributed by atoms with Crippen LogP contribution in [0, 0.1) is 19.8 Å². The van der Waals surface area contributed by atoms with Crippen molar-refractivity contribution in [2.45, 2.75) is 46.1 Å². The molecule has 27 heavy (non-hydrogen) atoms. The number of aryl methyl sites for hydroxylation is 1. The van der Waals surface area contributed by atoms with Crippen molar-refractivity contribution in [1.82, 2.24) is 9.78 Å². The zero-order valence-electron chi connectivity index (χ0n) is 16.5. The summed E-state index contributed by atoms with van der Waals surface area (Å²) >= 11 is 6.39. The summed E-state index contributed by atoms with van der Waals surface area (Å²) in [5.74, 6) is 0.383. The molecule has 0 radical (unpaired) electrons. The van der Waals surface area contributed by atoms with Crippen LogP contribution in [0.2, 0.25) is 5.02 Å². The maximum Gasteiger partial charge on any atom is 0.223 e. The largest absolute Gasteiger partial charge is 0.478 e. The molecule has 0 aliphatic rings. The molecule has 6 nitrogen and oxygen atoms in total. The number of aromatic nitrogens is 2. The number of ketones is 1. The lowest BCUT2D eigenvalue weighted by molar-refractivity contribution is 0.103. The van der Waals surface area contributed by atoms with E-state index in [2.05, 4.69) is 5.10 Å². The highest BCUT2D eigenvalue weighted by molar-refractivity contribution is 7.90. The number of carbonyl (C=O) groups is 1. The summed E-state index contributed by atoms with van der Waals surface area (Å²) in [7, 11) is -3.46. The Hall–Kier alpha value is -1.86. The van der Waals surface area contributed by atoms with E-state index < -0.39 is 9.84 Å². The highest BCUT2D eigenvalue weighted by Crippen LogP contribution is 2.33. The van der Waals surface area contributed by atoms with Crippen LogP contribution in [0.1, 0.15) is 47.8 Å². The first-order valence-electron chi connectivity index (χ1n) is 8.72. The van der Waals surface area contributed by atoms with Gasteiger partial charge in [0, 0.05) is 18.4 Å². The molecule has 0 atom stereocenters. The van der Waals surface area contributed by atoms with Gasteiger partial charge in [0.1, 0.15) is 5.56 Å². The molecule has 0 N–H and O–H groups in total. The van der Waals surface area contributed by atoms with Gasteiger partial charge in [0.25, 0.3) is 0 Å². The predicted molar refractivity (Wildman–Crippen MR) is 106 cm³/mol. The van der Waals surface area contributed by atoms with Crippen molar-refractivity contribution in [3.05, 3.63) is 39.5 Å². The molecule has 1 aromatic carbocycles. The van der Waals surface area contributed by atoms with Gasteiger partial charge in [0.05, 0.1) is 22.7 Å². The fourth-order valence-corrected chi connectivity index (χ4v) is 4.71. The average Bonchev–Trinajstić information content (AvgIpc) is 2.91. The third kappa shape index (κ3) is 4.35. The topological polar surface area (TPSA) is 78.3 Å². The van der Waals surface area contributed by atoms with Crippen LogP contribution in [0.4, 0.5) is 0 Å². The summed E-state index contributed by atoms with van der Waals surface area (Å²) in [6.45, 7) is 10.2. The monoisotopic (exact) mass is 412 g/mol. The minimum Gasteiger partial charge on any atom is -0.478 e. The quantitative estimate of drug-likeness (QED) is 0.645. The molecule has 148 valence electrons. The molecule has 0 spiro atoms. The first-order chi connectivity index (χ1) is 12.5. The summed E-state index contributed by atoms with van der Waals surface area (Å²) in [5.41, 5.74) is 1.40. The lowest BCUT2D eigenvalue weighted by atomic mass is 10.0. The average molecular weight is 413 g/mol. The predicted octanol–water partition coefficient (Wildman–Crippen LogP) is 3.84. The van der Waals surface area contributed by atoms with Crippen LogP contribution in [0.3, 0.4) is 0 Å². The Morgan fingerprint density at radius 2 is 1.93 bits per heavy atom. The van der Waals surface area contributed by atoms with E-state index in [4.69, 9.17) is 16.3 Å². The van der Waals surface area contributed by atoms with Gasteiger partial charge in [-0.2, -0.15) is 5.10 Å². The Bertz CT molecular complexity index is 978. The molecule has 0 unspecified atom stereocenters. The van der Waals surface area contributed by atoms with E-state index >= 15 is 0 Å². The summed E-state index contributed by atoms with van der Waals surface area (Å²) < 4.78 is 31.4. The number of nitrogens with zero attached hydrogens (tertiary/aromatic N) is 2. The van der Waals surface area contributed by atoms with Crippen molar-refractivity contribution in [2.24, 2.45) is 5.92 Å². The minimum absolute atomic E-state index is 0.130. The van der Waals surface area contributed by atoms with Crippen molar-refractivity contribution < 1.29 is 17.9 Å². The number of halogens is 1. The second kappa shape index (κ2) is 8.02. The van der Waals surface area contributed by atoms with Gasteiger partial charge in [-0.3, -0.25) is 4.79 Å². The van der Waals surface area contributed by atoms with Crippen LogP contribution in [0.5, 0.6) is 5.88 Å². The van der Waals surface area contributed by atoms with E-state index in [0.717, 1.165) is 6.26 Å². The number of rotatable bonds is 7.